The van der Waals surface area contributed by atoms with Gasteiger partial charge >= 0.3 is 0 Å². The van der Waals surface area contributed by atoms with Gasteiger partial charge in [-0.2, -0.15) is 0 Å². The maximum absolute atomic E-state index is 12.5. The normalized spacial score (nSPS) is 15.4. The Bertz CT molecular complexity index is 713. The van der Waals surface area contributed by atoms with Crippen molar-refractivity contribution in [2.24, 2.45) is 5.92 Å². The molecule has 25 heavy (non-hydrogen) atoms. The fourth-order valence-electron chi connectivity index (χ4n) is 3.01. The quantitative estimate of drug-likeness (QED) is 0.809. The van der Waals surface area contributed by atoms with E-state index in [1.807, 2.05) is 18.2 Å². The monoisotopic (exact) mass is 378 g/mol. The van der Waals surface area contributed by atoms with E-state index < -0.39 is 0 Å². The molecule has 134 valence electrons. The summed E-state index contributed by atoms with van der Waals surface area (Å²) in [5.41, 5.74) is 1.12. The molecule has 0 aliphatic carbocycles. The standard InChI is InChI=1S/C18H23ClN4OS/c1-2-3-7-16-21-22-18(25-16)20-17(24)13-8-10-23(11-9-13)15-6-4-5-14(19)12-15/h4-6,12-13H,2-3,7-11H2,1H3,(H,20,22,24). The maximum atomic E-state index is 12.5. The van der Waals surface area contributed by atoms with Gasteiger partial charge < -0.3 is 10.2 Å². The van der Waals surface area contributed by atoms with Crippen molar-refractivity contribution >= 4 is 39.7 Å². The summed E-state index contributed by atoms with van der Waals surface area (Å²) in [7, 11) is 0. The lowest BCUT2D eigenvalue weighted by Crippen LogP contribution is -2.38. The summed E-state index contributed by atoms with van der Waals surface area (Å²) in [6.45, 7) is 3.87. The number of amides is 1. The minimum absolute atomic E-state index is 0.0263. The molecular weight excluding hydrogens is 356 g/mol. The van der Waals surface area contributed by atoms with E-state index in [9.17, 15) is 4.79 Å². The van der Waals surface area contributed by atoms with E-state index >= 15 is 0 Å². The van der Waals surface area contributed by atoms with Crippen molar-refractivity contribution in [1.82, 2.24) is 10.2 Å². The molecule has 0 bridgehead atoms. The zero-order valence-electron chi connectivity index (χ0n) is 14.4. The second kappa shape index (κ2) is 8.63. The van der Waals surface area contributed by atoms with Gasteiger partial charge in [0.15, 0.2) is 0 Å². The Morgan fingerprint density at radius 2 is 2.16 bits per heavy atom. The van der Waals surface area contributed by atoms with E-state index in [4.69, 9.17) is 11.6 Å². The van der Waals surface area contributed by atoms with Crippen LogP contribution in [0, 0.1) is 5.92 Å². The van der Waals surface area contributed by atoms with Crippen molar-refractivity contribution < 1.29 is 4.79 Å². The molecule has 2 heterocycles. The first kappa shape index (κ1) is 18.1. The van der Waals surface area contributed by atoms with Gasteiger partial charge in [0.25, 0.3) is 0 Å². The molecule has 1 aliphatic heterocycles. The summed E-state index contributed by atoms with van der Waals surface area (Å²) in [4.78, 5) is 14.8. The molecular formula is C18H23ClN4OS. The van der Waals surface area contributed by atoms with Crippen LogP contribution >= 0.6 is 22.9 Å². The fraction of sp³-hybridized carbons (Fsp3) is 0.500. The summed E-state index contributed by atoms with van der Waals surface area (Å²) in [5, 5.41) is 13.5. The first-order chi connectivity index (χ1) is 12.2. The second-order valence-corrected chi connectivity index (χ2v) is 7.83. The highest BCUT2D eigenvalue weighted by atomic mass is 35.5. The Hall–Kier alpha value is -1.66. The highest BCUT2D eigenvalue weighted by Gasteiger charge is 2.26. The van der Waals surface area contributed by atoms with Gasteiger partial charge in [0, 0.05) is 36.1 Å². The molecule has 1 amide bonds. The van der Waals surface area contributed by atoms with Crippen LogP contribution in [0.15, 0.2) is 24.3 Å². The van der Waals surface area contributed by atoms with Gasteiger partial charge in [0.1, 0.15) is 5.01 Å². The minimum Gasteiger partial charge on any atom is -0.371 e. The van der Waals surface area contributed by atoms with Gasteiger partial charge in [-0.1, -0.05) is 42.3 Å². The zero-order valence-corrected chi connectivity index (χ0v) is 15.9. The number of aryl methyl sites for hydroxylation is 1. The summed E-state index contributed by atoms with van der Waals surface area (Å²) in [6, 6.07) is 7.87. The predicted octanol–water partition coefficient (Wildman–Crippen LogP) is 4.39. The largest absolute Gasteiger partial charge is 0.371 e. The van der Waals surface area contributed by atoms with Crippen LogP contribution in [0.4, 0.5) is 10.8 Å². The molecule has 1 aromatic carbocycles. The summed E-state index contributed by atoms with van der Waals surface area (Å²) >= 11 is 7.55. The lowest BCUT2D eigenvalue weighted by molar-refractivity contribution is -0.120. The number of unbranched alkanes of at least 4 members (excludes halogenated alkanes) is 1. The van der Waals surface area contributed by atoms with Crippen molar-refractivity contribution in [1.29, 1.82) is 0 Å². The Balaban J connectivity index is 1.50. The van der Waals surface area contributed by atoms with Crippen molar-refractivity contribution in [3.8, 4) is 0 Å². The third kappa shape index (κ3) is 4.92. The first-order valence-corrected chi connectivity index (χ1v) is 9.99. The number of nitrogens with zero attached hydrogens (tertiary/aromatic N) is 3. The van der Waals surface area contributed by atoms with Crippen LogP contribution < -0.4 is 10.2 Å². The van der Waals surface area contributed by atoms with Crippen LogP contribution in [0.1, 0.15) is 37.6 Å². The van der Waals surface area contributed by atoms with Crippen molar-refractivity contribution in [3.05, 3.63) is 34.3 Å². The number of rotatable bonds is 6. The number of benzene rings is 1. The third-order valence-electron chi connectivity index (χ3n) is 4.48. The molecule has 1 N–H and O–H groups in total. The number of carbonyl (C=O) groups is 1. The molecule has 0 atom stereocenters. The average Bonchev–Trinajstić information content (AvgIpc) is 3.07. The molecule has 1 fully saturated rings. The van der Waals surface area contributed by atoms with E-state index in [0.717, 1.165) is 60.9 Å². The molecule has 0 spiro atoms. The van der Waals surface area contributed by atoms with Crippen molar-refractivity contribution in [2.75, 3.05) is 23.3 Å². The SMILES string of the molecule is CCCCc1nnc(NC(=O)C2CCN(c3cccc(Cl)c3)CC2)s1. The lowest BCUT2D eigenvalue weighted by atomic mass is 9.95. The topological polar surface area (TPSA) is 58.1 Å². The number of hydrogen-bond acceptors (Lipinski definition) is 5. The van der Waals surface area contributed by atoms with E-state index in [2.05, 4.69) is 33.4 Å². The number of piperidine rings is 1. The second-order valence-electron chi connectivity index (χ2n) is 6.33. The minimum atomic E-state index is 0.0263. The van der Waals surface area contributed by atoms with E-state index in [1.165, 1.54) is 11.3 Å². The van der Waals surface area contributed by atoms with Gasteiger partial charge in [-0.05, 0) is 37.5 Å². The van der Waals surface area contributed by atoms with E-state index in [1.54, 1.807) is 0 Å². The molecule has 1 aromatic heterocycles. The summed E-state index contributed by atoms with van der Waals surface area (Å²) in [6.07, 6.45) is 4.83. The number of hydrogen-bond donors (Lipinski definition) is 1. The lowest BCUT2D eigenvalue weighted by Gasteiger charge is -2.32. The Morgan fingerprint density at radius 3 is 2.88 bits per heavy atom. The maximum Gasteiger partial charge on any atom is 0.229 e. The molecule has 3 rings (SSSR count). The number of halogens is 1. The van der Waals surface area contributed by atoms with Crippen LogP contribution in [0.2, 0.25) is 5.02 Å². The van der Waals surface area contributed by atoms with Crippen molar-refractivity contribution in [2.45, 2.75) is 39.0 Å². The van der Waals surface area contributed by atoms with Crippen LogP contribution in [0.3, 0.4) is 0 Å². The Morgan fingerprint density at radius 1 is 1.36 bits per heavy atom. The Labute approximate surface area is 157 Å². The number of anilines is 2. The number of nitrogens with one attached hydrogen (secondary N) is 1. The zero-order chi connectivity index (χ0) is 17.6. The molecule has 0 radical (unpaired) electrons. The Kier molecular flexibility index (Phi) is 6.26. The molecule has 5 nitrogen and oxygen atoms in total. The average molecular weight is 379 g/mol. The molecule has 1 aliphatic rings. The summed E-state index contributed by atoms with van der Waals surface area (Å²) < 4.78 is 0. The smallest absolute Gasteiger partial charge is 0.229 e. The molecule has 0 unspecified atom stereocenters. The van der Waals surface area contributed by atoms with Crippen LogP contribution in [-0.4, -0.2) is 29.2 Å². The van der Waals surface area contributed by atoms with Crippen LogP contribution in [0.5, 0.6) is 0 Å². The number of carbonyl (C=O) groups excluding carboxylic acids is 1. The van der Waals surface area contributed by atoms with Gasteiger partial charge in [-0.3, -0.25) is 4.79 Å². The van der Waals surface area contributed by atoms with E-state index in [-0.39, 0.29) is 11.8 Å². The van der Waals surface area contributed by atoms with Gasteiger partial charge in [-0.25, -0.2) is 0 Å². The summed E-state index contributed by atoms with van der Waals surface area (Å²) in [5.74, 6) is 0.0855. The highest BCUT2D eigenvalue weighted by molar-refractivity contribution is 7.15. The molecule has 1 saturated heterocycles. The molecule has 2 aromatic rings. The van der Waals surface area contributed by atoms with Crippen LogP contribution in [-0.2, 0) is 11.2 Å². The van der Waals surface area contributed by atoms with Crippen LogP contribution in [0.25, 0.3) is 0 Å². The van der Waals surface area contributed by atoms with Gasteiger partial charge in [0.05, 0.1) is 0 Å². The van der Waals surface area contributed by atoms with Gasteiger partial charge in [0.2, 0.25) is 11.0 Å². The molecule has 7 heteroatoms. The first-order valence-electron chi connectivity index (χ1n) is 8.79. The highest BCUT2D eigenvalue weighted by Crippen LogP contribution is 2.26. The van der Waals surface area contributed by atoms with Crippen molar-refractivity contribution in [3.63, 3.8) is 0 Å². The number of aromatic nitrogens is 2. The predicted molar refractivity (Wildman–Crippen MR) is 104 cm³/mol. The fourth-order valence-corrected chi connectivity index (χ4v) is 3.98. The molecule has 0 saturated carbocycles. The third-order valence-corrected chi connectivity index (χ3v) is 5.61. The van der Waals surface area contributed by atoms with Gasteiger partial charge in [-0.15, -0.1) is 10.2 Å². The van der Waals surface area contributed by atoms with E-state index in [0.29, 0.717) is 5.13 Å².